The molecule has 0 radical (unpaired) electrons. The molecule has 0 aliphatic rings. The highest BCUT2D eigenvalue weighted by Gasteiger charge is 2.04. The molecule has 2 heteroatoms. The average Bonchev–Trinajstić information content (AvgIpc) is 2.39. The third-order valence-corrected chi connectivity index (χ3v) is 2.98. The first-order chi connectivity index (χ1) is 9.15. The fourth-order valence-electron chi connectivity index (χ4n) is 1.92. The van der Waals surface area contributed by atoms with Crippen molar-refractivity contribution in [3.8, 4) is 0 Å². The number of nitrogens with zero attached hydrogens (tertiary/aromatic N) is 2. The van der Waals surface area contributed by atoms with Crippen molar-refractivity contribution >= 4 is 11.5 Å². The molecule has 0 N–H and O–H groups in total. The van der Waals surface area contributed by atoms with Crippen LogP contribution in [-0.2, 0) is 6.42 Å². The SMILES string of the molecule is Cc1cccc(N=C(Cc2ccccc2)N(C)C)c1. The summed E-state index contributed by atoms with van der Waals surface area (Å²) >= 11 is 0. The fourth-order valence-corrected chi connectivity index (χ4v) is 1.92. The van der Waals surface area contributed by atoms with E-state index in [2.05, 4.69) is 48.2 Å². The zero-order chi connectivity index (χ0) is 13.7. The van der Waals surface area contributed by atoms with Crippen LogP contribution in [0.4, 0.5) is 5.69 Å². The molecule has 0 aliphatic heterocycles. The fraction of sp³-hybridized carbons (Fsp3) is 0.235. The van der Waals surface area contributed by atoms with Gasteiger partial charge in [0.25, 0.3) is 0 Å². The van der Waals surface area contributed by atoms with Gasteiger partial charge in [0.05, 0.1) is 5.69 Å². The minimum Gasteiger partial charge on any atom is -0.366 e. The average molecular weight is 252 g/mol. The molecule has 0 unspecified atom stereocenters. The Morgan fingerprint density at radius 1 is 1.00 bits per heavy atom. The number of aryl methyl sites for hydroxylation is 1. The van der Waals surface area contributed by atoms with Crippen molar-refractivity contribution < 1.29 is 0 Å². The van der Waals surface area contributed by atoms with Crippen LogP contribution in [0.5, 0.6) is 0 Å². The second-order valence-corrected chi connectivity index (χ2v) is 4.92. The van der Waals surface area contributed by atoms with E-state index in [0.29, 0.717) is 0 Å². The van der Waals surface area contributed by atoms with E-state index in [1.54, 1.807) is 0 Å². The normalized spacial score (nSPS) is 11.4. The van der Waals surface area contributed by atoms with Crippen molar-refractivity contribution in [3.63, 3.8) is 0 Å². The highest BCUT2D eigenvalue weighted by Crippen LogP contribution is 2.15. The Labute approximate surface area is 115 Å². The lowest BCUT2D eigenvalue weighted by atomic mass is 10.1. The van der Waals surface area contributed by atoms with Crippen LogP contribution in [0.3, 0.4) is 0 Å². The summed E-state index contributed by atoms with van der Waals surface area (Å²) in [7, 11) is 4.08. The van der Waals surface area contributed by atoms with Gasteiger partial charge in [-0.1, -0.05) is 42.5 Å². The van der Waals surface area contributed by atoms with Gasteiger partial charge in [0.2, 0.25) is 0 Å². The summed E-state index contributed by atoms with van der Waals surface area (Å²) in [5.74, 6) is 1.07. The van der Waals surface area contributed by atoms with E-state index in [4.69, 9.17) is 4.99 Å². The van der Waals surface area contributed by atoms with Gasteiger partial charge in [-0.05, 0) is 30.2 Å². The van der Waals surface area contributed by atoms with E-state index in [-0.39, 0.29) is 0 Å². The molecule has 0 atom stereocenters. The molecule has 2 nitrogen and oxygen atoms in total. The Balaban J connectivity index is 2.25. The van der Waals surface area contributed by atoms with Gasteiger partial charge in [-0.3, -0.25) is 0 Å². The minimum atomic E-state index is 0.849. The summed E-state index contributed by atoms with van der Waals surface area (Å²) in [6.07, 6.45) is 0.849. The van der Waals surface area contributed by atoms with E-state index in [1.807, 2.05) is 32.3 Å². The number of likely N-dealkylation sites (N-methyl/N-ethyl adjacent to an activating group) is 1. The first-order valence-corrected chi connectivity index (χ1v) is 6.50. The molecule has 0 fully saturated rings. The van der Waals surface area contributed by atoms with Gasteiger partial charge in [-0.25, -0.2) is 4.99 Å². The Kier molecular flexibility index (Phi) is 4.35. The molecular formula is C17H20N2. The van der Waals surface area contributed by atoms with Crippen LogP contribution in [0.1, 0.15) is 11.1 Å². The van der Waals surface area contributed by atoms with Crippen LogP contribution in [0.15, 0.2) is 59.6 Å². The third kappa shape index (κ3) is 3.95. The number of aliphatic imine (C=N–C) groups is 1. The summed E-state index contributed by atoms with van der Waals surface area (Å²) in [5, 5.41) is 0. The predicted molar refractivity (Wildman–Crippen MR) is 82.1 cm³/mol. The van der Waals surface area contributed by atoms with Crippen molar-refractivity contribution in [1.82, 2.24) is 4.90 Å². The van der Waals surface area contributed by atoms with E-state index >= 15 is 0 Å². The number of benzene rings is 2. The third-order valence-electron chi connectivity index (χ3n) is 2.98. The van der Waals surface area contributed by atoms with Crippen LogP contribution in [0, 0.1) is 6.92 Å². The van der Waals surface area contributed by atoms with E-state index < -0.39 is 0 Å². The standard InChI is InChI=1S/C17H20N2/c1-14-8-7-11-16(12-14)18-17(19(2)3)13-15-9-5-4-6-10-15/h4-12H,13H2,1-3H3. The predicted octanol–water partition coefficient (Wildman–Crippen LogP) is 3.83. The van der Waals surface area contributed by atoms with Gasteiger partial charge in [0, 0.05) is 20.5 Å². The van der Waals surface area contributed by atoms with E-state index in [1.165, 1.54) is 11.1 Å². The molecule has 2 rings (SSSR count). The zero-order valence-electron chi connectivity index (χ0n) is 11.8. The summed E-state index contributed by atoms with van der Waals surface area (Å²) in [6, 6.07) is 18.7. The van der Waals surface area contributed by atoms with Crippen LogP contribution in [-0.4, -0.2) is 24.8 Å². The highest BCUT2D eigenvalue weighted by atomic mass is 15.1. The molecule has 0 bridgehead atoms. The second kappa shape index (κ2) is 6.19. The van der Waals surface area contributed by atoms with Crippen molar-refractivity contribution in [2.45, 2.75) is 13.3 Å². The van der Waals surface area contributed by atoms with Crippen molar-refractivity contribution in [1.29, 1.82) is 0 Å². The summed E-state index contributed by atoms with van der Waals surface area (Å²) in [6.45, 7) is 2.09. The first-order valence-electron chi connectivity index (χ1n) is 6.50. The Hall–Kier alpha value is -2.09. The Morgan fingerprint density at radius 2 is 1.74 bits per heavy atom. The van der Waals surface area contributed by atoms with E-state index in [9.17, 15) is 0 Å². The van der Waals surface area contributed by atoms with Gasteiger partial charge >= 0.3 is 0 Å². The number of hydrogen-bond acceptors (Lipinski definition) is 1. The maximum atomic E-state index is 4.76. The van der Waals surface area contributed by atoms with Gasteiger partial charge < -0.3 is 4.90 Å². The summed E-state index contributed by atoms with van der Waals surface area (Å²) in [5.41, 5.74) is 3.53. The smallest absolute Gasteiger partial charge is 0.109 e. The van der Waals surface area contributed by atoms with Crippen LogP contribution in [0.2, 0.25) is 0 Å². The van der Waals surface area contributed by atoms with Gasteiger partial charge in [0.15, 0.2) is 0 Å². The lowest BCUT2D eigenvalue weighted by molar-refractivity contribution is 0.610. The lowest BCUT2D eigenvalue weighted by Gasteiger charge is -2.16. The molecule has 0 heterocycles. The number of hydrogen-bond donors (Lipinski definition) is 0. The van der Waals surface area contributed by atoms with E-state index in [0.717, 1.165) is 17.9 Å². The van der Waals surface area contributed by atoms with Gasteiger partial charge in [0.1, 0.15) is 5.84 Å². The molecule has 0 spiro atoms. The summed E-state index contributed by atoms with van der Waals surface area (Å²) < 4.78 is 0. The molecule has 0 amide bonds. The number of rotatable bonds is 3. The van der Waals surface area contributed by atoms with Gasteiger partial charge in [-0.15, -0.1) is 0 Å². The molecule has 2 aromatic rings. The minimum absolute atomic E-state index is 0.849. The van der Waals surface area contributed by atoms with Crippen LogP contribution in [0.25, 0.3) is 0 Å². The molecular weight excluding hydrogens is 232 g/mol. The number of amidine groups is 1. The Morgan fingerprint density at radius 3 is 2.37 bits per heavy atom. The lowest BCUT2D eigenvalue weighted by Crippen LogP contribution is -2.23. The first kappa shape index (κ1) is 13.3. The molecule has 0 saturated carbocycles. The van der Waals surface area contributed by atoms with Crippen molar-refractivity contribution in [2.75, 3.05) is 14.1 Å². The van der Waals surface area contributed by atoms with Crippen LogP contribution < -0.4 is 0 Å². The molecule has 0 aromatic heterocycles. The van der Waals surface area contributed by atoms with Crippen LogP contribution >= 0.6 is 0 Å². The Bertz CT molecular complexity index is 556. The summed E-state index contributed by atoms with van der Waals surface area (Å²) in [4.78, 5) is 6.84. The van der Waals surface area contributed by atoms with Crippen molar-refractivity contribution in [2.24, 2.45) is 4.99 Å². The maximum Gasteiger partial charge on any atom is 0.109 e. The molecule has 0 saturated heterocycles. The molecule has 98 valence electrons. The monoisotopic (exact) mass is 252 g/mol. The maximum absolute atomic E-state index is 4.76. The van der Waals surface area contributed by atoms with Gasteiger partial charge in [-0.2, -0.15) is 0 Å². The molecule has 0 aliphatic carbocycles. The molecule has 2 aromatic carbocycles. The zero-order valence-corrected chi connectivity index (χ0v) is 11.8. The van der Waals surface area contributed by atoms with Crippen molar-refractivity contribution in [3.05, 3.63) is 65.7 Å². The largest absolute Gasteiger partial charge is 0.366 e. The quantitative estimate of drug-likeness (QED) is 0.599. The molecule has 19 heavy (non-hydrogen) atoms. The topological polar surface area (TPSA) is 15.6 Å². The highest BCUT2D eigenvalue weighted by molar-refractivity contribution is 5.86. The second-order valence-electron chi connectivity index (χ2n) is 4.92.